The number of para-hydroxylation sites is 1. The number of sulfonamides is 1. The molecule has 2 aliphatic rings. The van der Waals surface area contributed by atoms with E-state index < -0.39 is 10.0 Å². The third kappa shape index (κ3) is 4.22. The van der Waals surface area contributed by atoms with Gasteiger partial charge in [-0.15, -0.1) is 11.8 Å². The first kappa shape index (κ1) is 20.4. The van der Waals surface area contributed by atoms with Crippen molar-refractivity contribution in [3.8, 4) is 0 Å². The number of hydrogen-bond donors (Lipinski definition) is 0. The quantitative estimate of drug-likeness (QED) is 0.730. The molecule has 1 amide bonds. The molecule has 1 fully saturated rings. The van der Waals surface area contributed by atoms with E-state index in [2.05, 4.69) is 6.92 Å². The maximum Gasteiger partial charge on any atom is 0.258 e. The highest BCUT2D eigenvalue weighted by molar-refractivity contribution is 7.99. The molecule has 2 heterocycles. The lowest BCUT2D eigenvalue weighted by atomic mass is 10.0. The number of nitrogens with zero attached hydrogens (tertiary/aromatic N) is 2. The van der Waals surface area contributed by atoms with Crippen molar-refractivity contribution in [1.29, 1.82) is 0 Å². The lowest BCUT2D eigenvalue weighted by Crippen LogP contribution is -2.37. The number of fused-ring (bicyclic) bond motifs is 1. The molecular weight excluding hydrogens is 404 g/mol. The van der Waals surface area contributed by atoms with Crippen LogP contribution < -0.4 is 4.90 Å². The Morgan fingerprint density at radius 1 is 1.00 bits per heavy atom. The molecular formula is C22H26N2O3S2. The smallest absolute Gasteiger partial charge is 0.258 e. The summed E-state index contributed by atoms with van der Waals surface area (Å²) in [7, 11) is -3.50. The summed E-state index contributed by atoms with van der Waals surface area (Å²) in [6.45, 7) is 3.94. The molecule has 1 saturated heterocycles. The van der Waals surface area contributed by atoms with Gasteiger partial charge in [-0.1, -0.05) is 19.1 Å². The topological polar surface area (TPSA) is 57.7 Å². The van der Waals surface area contributed by atoms with E-state index in [1.54, 1.807) is 40.3 Å². The Morgan fingerprint density at radius 2 is 1.69 bits per heavy atom. The number of carbonyl (C=O) groups excluding carboxylic acids is 1. The summed E-state index contributed by atoms with van der Waals surface area (Å²) in [5, 5.41) is 0. The Morgan fingerprint density at radius 3 is 2.41 bits per heavy atom. The highest BCUT2D eigenvalue weighted by atomic mass is 32.2. The van der Waals surface area contributed by atoms with Gasteiger partial charge in [0.1, 0.15) is 0 Å². The largest absolute Gasteiger partial charge is 0.307 e. The number of anilines is 1. The van der Waals surface area contributed by atoms with Gasteiger partial charge in [-0.05, 0) is 67.3 Å². The number of thioether (sulfide) groups is 1. The van der Waals surface area contributed by atoms with E-state index in [1.807, 2.05) is 29.2 Å². The first-order valence-electron chi connectivity index (χ1n) is 10.1. The second-order valence-electron chi connectivity index (χ2n) is 7.74. The van der Waals surface area contributed by atoms with E-state index in [0.717, 1.165) is 35.6 Å². The normalized spacial score (nSPS) is 18.9. The molecule has 0 spiro atoms. The standard InChI is InChI=1S/C22H26N2O3S2/c1-17-11-14-23(15-12-17)29(26,27)19-9-7-18(8-10-19)22(25)24-13-4-16-28-21-6-3-2-5-20(21)24/h2-3,5-10,17H,4,11-16H2,1H3. The molecule has 0 atom stereocenters. The minimum Gasteiger partial charge on any atom is -0.307 e. The van der Waals surface area contributed by atoms with Crippen LogP contribution in [0, 0.1) is 5.92 Å². The van der Waals surface area contributed by atoms with Crippen molar-refractivity contribution in [3.63, 3.8) is 0 Å². The fourth-order valence-corrected chi connectivity index (χ4v) is 6.30. The fraction of sp³-hybridized carbons (Fsp3) is 0.409. The minimum atomic E-state index is -3.50. The molecule has 2 aromatic rings. The van der Waals surface area contributed by atoms with Gasteiger partial charge < -0.3 is 4.90 Å². The fourth-order valence-electron chi connectivity index (χ4n) is 3.84. The summed E-state index contributed by atoms with van der Waals surface area (Å²) in [6.07, 6.45) is 2.70. The highest BCUT2D eigenvalue weighted by Crippen LogP contribution is 2.34. The summed E-state index contributed by atoms with van der Waals surface area (Å²) in [5.41, 5.74) is 1.44. The first-order valence-corrected chi connectivity index (χ1v) is 12.5. The van der Waals surface area contributed by atoms with E-state index in [1.165, 1.54) is 0 Å². The lowest BCUT2D eigenvalue weighted by Gasteiger charge is -2.29. The second-order valence-corrected chi connectivity index (χ2v) is 10.8. The molecule has 5 nitrogen and oxygen atoms in total. The number of hydrogen-bond acceptors (Lipinski definition) is 4. The second kappa shape index (κ2) is 8.50. The number of benzene rings is 2. The number of rotatable bonds is 3. The van der Waals surface area contributed by atoms with Crippen molar-refractivity contribution in [2.24, 2.45) is 5.92 Å². The number of carbonyl (C=O) groups is 1. The lowest BCUT2D eigenvalue weighted by molar-refractivity contribution is 0.0986. The van der Waals surface area contributed by atoms with Crippen LogP contribution in [0.15, 0.2) is 58.3 Å². The van der Waals surface area contributed by atoms with Crippen molar-refractivity contribution in [1.82, 2.24) is 4.31 Å². The summed E-state index contributed by atoms with van der Waals surface area (Å²) >= 11 is 1.77. The summed E-state index contributed by atoms with van der Waals surface area (Å²) < 4.78 is 27.4. The van der Waals surface area contributed by atoms with Gasteiger partial charge in [0.05, 0.1) is 10.6 Å². The summed E-state index contributed by atoms with van der Waals surface area (Å²) in [5.74, 6) is 1.46. The Kier molecular flexibility index (Phi) is 5.99. The molecule has 29 heavy (non-hydrogen) atoms. The van der Waals surface area contributed by atoms with Crippen molar-refractivity contribution in [2.75, 3.05) is 30.3 Å². The highest BCUT2D eigenvalue weighted by Gasteiger charge is 2.28. The van der Waals surface area contributed by atoms with Gasteiger partial charge in [-0.3, -0.25) is 4.79 Å². The van der Waals surface area contributed by atoms with E-state index in [0.29, 0.717) is 31.1 Å². The molecule has 7 heteroatoms. The molecule has 2 aromatic carbocycles. The maximum absolute atomic E-state index is 13.2. The molecule has 2 aliphatic heterocycles. The van der Waals surface area contributed by atoms with Crippen LogP contribution in [0.5, 0.6) is 0 Å². The molecule has 154 valence electrons. The van der Waals surface area contributed by atoms with Crippen molar-refractivity contribution < 1.29 is 13.2 Å². The van der Waals surface area contributed by atoms with Crippen molar-refractivity contribution in [2.45, 2.75) is 36.0 Å². The van der Waals surface area contributed by atoms with Gasteiger partial charge in [0.2, 0.25) is 10.0 Å². The molecule has 0 aliphatic carbocycles. The average Bonchev–Trinajstić information content (AvgIpc) is 2.96. The third-order valence-corrected chi connectivity index (χ3v) is 8.73. The Balaban J connectivity index is 1.56. The summed E-state index contributed by atoms with van der Waals surface area (Å²) in [4.78, 5) is 16.3. The predicted octanol–water partition coefficient (Wildman–Crippen LogP) is 4.25. The van der Waals surface area contributed by atoms with Gasteiger partial charge in [0.25, 0.3) is 5.91 Å². The van der Waals surface area contributed by atoms with Crippen LogP contribution >= 0.6 is 11.8 Å². The molecule has 0 aromatic heterocycles. The van der Waals surface area contributed by atoms with Crippen LogP contribution in [0.3, 0.4) is 0 Å². The molecule has 0 saturated carbocycles. The van der Waals surface area contributed by atoms with Crippen LogP contribution in [-0.2, 0) is 10.0 Å². The zero-order valence-electron chi connectivity index (χ0n) is 16.6. The summed E-state index contributed by atoms with van der Waals surface area (Å²) in [6, 6.07) is 14.4. The first-order chi connectivity index (χ1) is 14.0. The van der Waals surface area contributed by atoms with Gasteiger partial charge in [-0.25, -0.2) is 8.42 Å². The molecule has 0 N–H and O–H groups in total. The van der Waals surface area contributed by atoms with E-state index in [9.17, 15) is 13.2 Å². The van der Waals surface area contributed by atoms with E-state index in [4.69, 9.17) is 0 Å². The maximum atomic E-state index is 13.2. The van der Waals surface area contributed by atoms with Crippen LogP contribution in [0.2, 0.25) is 0 Å². The Labute approximate surface area is 177 Å². The molecule has 4 rings (SSSR count). The zero-order valence-corrected chi connectivity index (χ0v) is 18.2. The number of piperidine rings is 1. The monoisotopic (exact) mass is 430 g/mol. The van der Waals surface area contributed by atoms with Crippen LogP contribution in [-0.4, -0.2) is 44.0 Å². The van der Waals surface area contributed by atoms with Crippen LogP contribution in [0.25, 0.3) is 0 Å². The average molecular weight is 431 g/mol. The van der Waals surface area contributed by atoms with Crippen LogP contribution in [0.1, 0.15) is 36.5 Å². The third-order valence-electron chi connectivity index (χ3n) is 5.67. The molecule has 0 unspecified atom stereocenters. The van der Waals surface area contributed by atoms with Crippen molar-refractivity contribution >= 4 is 33.4 Å². The van der Waals surface area contributed by atoms with Gasteiger partial charge in [0.15, 0.2) is 0 Å². The van der Waals surface area contributed by atoms with Crippen molar-refractivity contribution in [3.05, 3.63) is 54.1 Å². The van der Waals surface area contributed by atoms with Gasteiger partial charge in [-0.2, -0.15) is 4.31 Å². The van der Waals surface area contributed by atoms with E-state index in [-0.39, 0.29) is 10.8 Å². The van der Waals surface area contributed by atoms with Gasteiger partial charge >= 0.3 is 0 Å². The predicted molar refractivity (Wildman–Crippen MR) is 117 cm³/mol. The molecule has 0 radical (unpaired) electrons. The Hall–Kier alpha value is -1.83. The van der Waals surface area contributed by atoms with E-state index >= 15 is 0 Å². The van der Waals surface area contributed by atoms with Gasteiger partial charge in [0, 0.05) is 30.1 Å². The SMILES string of the molecule is CC1CCN(S(=O)(=O)c2ccc(C(=O)N3CCCSc4ccccc43)cc2)CC1. The molecule has 0 bridgehead atoms. The Bertz CT molecular complexity index is 981. The van der Waals surface area contributed by atoms with Crippen LogP contribution in [0.4, 0.5) is 5.69 Å². The minimum absolute atomic E-state index is 0.0873. The number of amides is 1. The zero-order chi connectivity index (χ0) is 20.4.